The van der Waals surface area contributed by atoms with Gasteiger partial charge in [0.05, 0.1) is 10.9 Å². The molecule has 0 bridgehead atoms. The number of rotatable bonds is 6. The molecule has 0 N–H and O–H groups in total. The van der Waals surface area contributed by atoms with Gasteiger partial charge in [-0.05, 0) is 48.7 Å². The van der Waals surface area contributed by atoms with E-state index in [9.17, 15) is 18.5 Å². The van der Waals surface area contributed by atoms with Crippen LogP contribution in [0.25, 0.3) is 10.4 Å². The Balaban J connectivity index is 2.02. The van der Waals surface area contributed by atoms with Crippen LogP contribution >= 0.6 is 11.6 Å². The smallest absolute Gasteiger partial charge is 0.295 e. The quantitative estimate of drug-likeness (QED) is 0.216. The molecule has 12 heteroatoms. The van der Waals surface area contributed by atoms with E-state index in [1.54, 1.807) is 12.1 Å². The summed E-state index contributed by atoms with van der Waals surface area (Å²) in [4.78, 5) is 19.2. The number of azide groups is 1. The van der Waals surface area contributed by atoms with E-state index in [0.29, 0.717) is 10.6 Å². The number of benzene rings is 2. The van der Waals surface area contributed by atoms with E-state index in [0.717, 1.165) is 9.87 Å². The average Bonchev–Trinajstić information content (AvgIpc) is 2.70. The summed E-state index contributed by atoms with van der Waals surface area (Å²) in [7, 11) is -3.89. The number of sulfonamides is 1. The number of piperidine rings is 1. The van der Waals surface area contributed by atoms with Crippen LogP contribution < -0.4 is 0 Å². The molecule has 3 rings (SSSR count). The highest BCUT2D eigenvalue weighted by atomic mass is 35.5. The minimum atomic E-state index is -3.89. The predicted molar refractivity (Wildman–Crippen MR) is 109 cm³/mol. The highest BCUT2D eigenvalue weighted by molar-refractivity contribution is 7.89. The van der Waals surface area contributed by atoms with Crippen LogP contribution in [0.3, 0.4) is 0 Å². The molecule has 1 heterocycles. The first-order valence-electron chi connectivity index (χ1n) is 8.89. The second-order valence-electron chi connectivity index (χ2n) is 6.86. The van der Waals surface area contributed by atoms with Gasteiger partial charge in [0, 0.05) is 23.0 Å². The zero-order chi connectivity index (χ0) is 21.9. The van der Waals surface area contributed by atoms with Crippen molar-refractivity contribution in [1.82, 2.24) is 4.31 Å². The molecule has 1 saturated heterocycles. The third-order valence-corrected chi connectivity index (χ3v) is 7.20. The standard InChI is InChI=1S/C18H18ClN5O5S/c1-13-2-8-16(9-3-13)30(27,28)23-11-10-18(29-24(25)26,17(12-23)21-22-20)14-4-6-15(19)7-5-14/h2-9,17H,10-12H2,1H3/t17-,18+/m0/s1. The summed E-state index contributed by atoms with van der Waals surface area (Å²) in [5.74, 6) is 0. The molecule has 0 aromatic heterocycles. The predicted octanol–water partition coefficient (Wildman–Crippen LogP) is 3.83. The van der Waals surface area contributed by atoms with E-state index >= 15 is 0 Å². The number of hydrogen-bond acceptors (Lipinski definition) is 6. The Morgan fingerprint density at radius 1 is 1.27 bits per heavy atom. The Morgan fingerprint density at radius 3 is 2.47 bits per heavy atom. The van der Waals surface area contributed by atoms with Crippen molar-refractivity contribution in [2.45, 2.75) is 29.9 Å². The van der Waals surface area contributed by atoms with Crippen molar-refractivity contribution in [3.8, 4) is 0 Å². The fourth-order valence-electron chi connectivity index (χ4n) is 3.52. The van der Waals surface area contributed by atoms with E-state index in [1.807, 2.05) is 6.92 Å². The molecule has 0 spiro atoms. The molecule has 0 unspecified atom stereocenters. The lowest BCUT2D eigenvalue weighted by Gasteiger charge is -2.43. The molecule has 2 aromatic carbocycles. The molecule has 1 aliphatic heterocycles. The van der Waals surface area contributed by atoms with Gasteiger partial charge in [-0.15, -0.1) is 10.1 Å². The highest BCUT2D eigenvalue weighted by Gasteiger charge is 2.50. The van der Waals surface area contributed by atoms with Crippen LogP contribution in [0, 0.1) is 17.0 Å². The number of hydrogen-bond donors (Lipinski definition) is 0. The molecule has 0 saturated carbocycles. The maximum atomic E-state index is 13.1. The normalized spacial score (nSPS) is 22.1. The third kappa shape index (κ3) is 4.19. The Morgan fingerprint density at radius 2 is 1.90 bits per heavy atom. The second kappa shape index (κ2) is 8.49. The summed E-state index contributed by atoms with van der Waals surface area (Å²) in [6.45, 7) is 1.49. The fraction of sp³-hybridized carbons (Fsp3) is 0.333. The maximum absolute atomic E-state index is 13.1. The zero-order valence-corrected chi connectivity index (χ0v) is 17.5. The van der Waals surface area contributed by atoms with Crippen LogP contribution in [0.5, 0.6) is 0 Å². The maximum Gasteiger partial charge on any atom is 0.295 e. The van der Waals surface area contributed by atoms with Crippen LogP contribution in [0.4, 0.5) is 0 Å². The molecular weight excluding hydrogens is 434 g/mol. The molecule has 10 nitrogen and oxygen atoms in total. The average molecular weight is 452 g/mol. The van der Waals surface area contributed by atoms with Gasteiger partial charge < -0.3 is 4.84 Å². The lowest BCUT2D eigenvalue weighted by molar-refractivity contribution is -0.786. The Labute approximate surface area is 177 Å². The van der Waals surface area contributed by atoms with Crippen LogP contribution in [0.2, 0.25) is 5.02 Å². The molecule has 2 atom stereocenters. The van der Waals surface area contributed by atoms with Crippen LogP contribution in [0.1, 0.15) is 17.5 Å². The molecule has 2 aromatic rings. The van der Waals surface area contributed by atoms with Crippen molar-refractivity contribution >= 4 is 21.6 Å². The Hall–Kier alpha value is -2.85. The van der Waals surface area contributed by atoms with E-state index in [-0.39, 0.29) is 24.4 Å². The van der Waals surface area contributed by atoms with Crippen molar-refractivity contribution in [2.75, 3.05) is 13.1 Å². The van der Waals surface area contributed by atoms with Gasteiger partial charge in [0.1, 0.15) is 0 Å². The molecule has 1 fully saturated rings. The lowest BCUT2D eigenvalue weighted by Crippen LogP contribution is -2.55. The molecule has 158 valence electrons. The molecule has 1 aliphatic rings. The summed E-state index contributed by atoms with van der Waals surface area (Å²) in [6, 6.07) is 11.3. The van der Waals surface area contributed by atoms with Gasteiger partial charge in [-0.1, -0.05) is 46.5 Å². The molecule has 0 amide bonds. The highest BCUT2D eigenvalue weighted by Crippen LogP contribution is 2.40. The minimum absolute atomic E-state index is 0.0654. The van der Waals surface area contributed by atoms with Crippen molar-refractivity contribution < 1.29 is 18.3 Å². The third-order valence-electron chi connectivity index (χ3n) is 5.07. The van der Waals surface area contributed by atoms with E-state index < -0.39 is 26.8 Å². The number of halogens is 1. The first-order valence-corrected chi connectivity index (χ1v) is 10.7. The summed E-state index contributed by atoms with van der Waals surface area (Å²) in [6.07, 6.45) is -0.0929. The molecule has 0 radical (unpaired) electrons. The first-order chi connectivity index (χ1) is 14.2. The van der Waals surface area contributed by atoms with Gasteiger partial charge in [-0.25, -0.2) is 8.42 Å². The second-order valence-corrected chi connectivity index (χ2v) is 9.23. The summed E-state index contributed by atoms with van der Waals surface area (Å²) >= 11 is 5.92. The van der Waals surface area contributed by atoms with E-state index in [1.165, 1.54) is 36.4 Å². The first kappa shape index (κ1) is 21.8. The van der Waals surface area contributed by atoms with E-state index in [2.05, 4.69) is 10.0 Å². The van der Waals surface area contributed by atoms with Gasteiger partial charge in [-0.3, -0.25) is 0 Å². The van der Waals surface area contributed by atoms with Crippen molar-refractivity contribution in [3.63, 3.8) is 0 Å². The van der Waals surface area contributed by atoms with Crippen molar-refractivity contribution in [3.05, 3.63) is 85.2 Å². The Bertz CT molecular complexity index is 1090. The summed E-state index contributed by atoms with van der Waals surface area (Å²) in [5.41, 5.74) is 8.69. The van der Waals surface area contributed by atoms with Gasteiger partial charge in [0.25, 0.3) is 5.09 Å². The minimum Gasteiger partial charge on any atom is -0.302 e. The van der Waals surface area contributed by atoms with Crippen molar-refractivity contribution in [2.24, 2.45) is 5.11 Å². The monoisotopic (exact) mass is 451 g/mol. The van der Waals surface area contributed by atoms with Crippen LogP contribution in [-0.4, -0.2) is 36.9 Å². The van der Waals surface area contributed by atoms with Crippen LogP contribution in [-0.2, 0) is 20.5 Å². The van der Waals surface area contributed by atoms with Gasteiger partial charge in [-0.2, -0.15) is 4.31 Å². The van der Waals surface area contributed by atoms with Gasteiger partial charge in [0.15, 0.2) is 5.60 Å². The van der Waals surface area contributed by atoms with Crippen LogP contribution in [0.15, 0.2) is 58.5 Å². The van der Waals surface area contributed by atoms with E-state index in [4.69, 9.17) is 22.0 Å². The molecule has 0 aliphatic carbocycles. The van der Waals surface area contributed by atoms with Gasteiger partial charge in [0.2, 0.25) is 10.0 Å². The Kier molecular flexibility index (Phi) is 6.18. The summed E-state index contributed by atoms with van der Waals surface area (Å²) in [5, 5.41) is 14.4. The molecular formula is C18H18ClN5O5S. The summed E-state index contributed by atoms with van der Waals surface area (Å²) < 4.78 is 27.3. The lowest BCUT2D eigenvalue weighted by atomic mass is 9.81. The molecule has 30 heavy (non-hydrogen) atoms. The number of aryl methyl sites for hydroxylation is 1. The number of nitrogens with zero attached hydrogens (tertiary/aromatic N) is 5. The topological polar surface area (TPSA) is 139 Å². The largest absolute Gasteiger partial charge is 0.302 e. The van der Waals surface area contributed by atoms with Gasteiger partial charge >= 0.3 is 0 Å². The zero-order valence-electron chi connectivity index (χ0n) is 15.9. The SMILES string of the molecule is Cc1ccc(S(=O)(=O)N2CC[C@@](O[N+](=O)[O-])(c3ccc(Cl)cc3)[C@@H](N=[N+]=[N-])C2)cc1. The fourth-order valence-corrected chi connectivity index (χ4v) is 5.09. The van der Waals surface area contributed by atoms with Crippen molar-refractivity contribution in [1.29, 1.82) is 0 Å².